The first kappa shape index (κ1) is 12.9. The van der Waals surface area contributed by atoms with Gasteiger partial charge in [-0.15, -0.1) is 0 Å². The minimum Gasteiger partial charge on any atom is -0.497 e. The summed E-state index contributed by atoms with van der Waals surface area (Å²) < 4.78 is 5.13. The molecule has 18 heavy (non-hydrogen) atoms. The van der Waals surface area contributed by atoms with Crippen molar-refractivity contribution in [2.24, 2.45) is 0 Å². The Morgan fingerprint density at radius 2 is 2.28 bits per heavy atom. The van der Waals surface area contributed by atoms with Crippen LogP contribution in [0.25, 0.3) is 0 Å². The monoisotopic (exact) mass is 248 g/mol. The summed E-state index contributed by atoms with van der Waals surface area (Å²) in [6.45, 7) is 0.927. The van der Waals surface area contributed by atoms with Gasteiger partial charge in [-0.3, -0.25) is 4.79 Å². The molecule has 1 atom stereocenters. The van der Waals surface area contributed by atoms with Gasteiger partial charge in [-0.05, 0) is 31.5 Å². The summed E-state index contributed by atoms with van der Waals surface area (Å²) in [5.41, 5.74) is 0.783. The molecule has 1 saturated heterocycles. The molecule has 4 heteroatoms. The lowest BCUT2D eigenvalue weighted by atomic mass is 10.1. The van der Waals surface area contributed by atoms with E-state index in [0.717, 1.165) is 37.2 Å². The maximum atomic E-state index is 12.1. The maximum absolute atomic E-state index is 12.1. The zero-order chi connectivity index (χ0) is 12.8. The van der Waals surface area contributed by atoms with E-state index in [1.807, 2.05) is 24.3 Å². The van der Waals surface area contributed by atoms with Gasteiger partial charge in [-0.25, -0.2) is 0 Å². The summed E-state index contributed by atoms with van der Waals surface area (Å²) in [6.07, 6.45) is 4.39. The topological polar surface area (TPSA) is 50.4 Å². The van der Waals surface area contributed by atoms with Gasteiger partial charge in [0.25, 0.3) is 0 Å². The second kappa shape index (κ2) is 6.40. The van der Waals surface area contributed by atoms with Crippen molar-refractivity contribution in [3.05, 3.63) is 24.3 Å². The second-order valence-corrected chi connectivity index (χ2v) is 4.58. The van der Waals surface area contributed by atoms with Crippen molar-refractivity contribution < 1.29 is 9.53 Å². The minimum absolute atomic E-state index is 0.0464. The summed E-state index contributed by atoms with van der Waals surface area (Å²) in [4.78, 5) is 12.1. The normalized spacial score (nSPS) is 19.9. The number of hydrogen-bond donors (Lipinski definition) is 2. The van der Waals surface area contributed by atoms with Crippen molar-refractivity contribution in [3.8, 4) is 5.75 Å². The van der Waals surface area contributed by atoms with Gasteiger partial charge in [0.05, 0.1) is 13.2 Å². The molecule has 1 amide bonds. The Bertz CT molecular complexity index is 399. The molecule has 0 unspecified atom stereocenters. The van der Waals surface area contributed by atoms with E-state index in [2.05, 4.69) is 10.6 Å². The molecule has 1 aromatic carbocycles. The third-order valence-electron chi connectivity index (χ3n) is 3.21. The van der Waals surface area contributed by atoms with Gasteiger partial charge in [0.1, 0.15) is 5.75 Å². The third-order valence-corrected chi connectivity index (χ3v) is 3.21. The lowest BCUT2D eigenvalue weighted by Crippen LogP contribution is -2.39. The van der Waals surface area contributed by atoms with E-state index < -0.39 is 0 Å². The number of methoxy groups -OCH3 is 1. The number of rotatable bonds is 3. The van der Waals surface area contributed by atoms with Crippen LogP contribution in [0.15, 0.2) is 24.3 Å². The molecular formula is C14H20N2O2. The first-order valence-corrected chi connectivity index (χ1v) is 6.48. The van der Waals surface area contributed by atoms with Gasteiger partial charge in [0.15, 0.2) is 0 Å². The molecule has 98 valence electrons. The third kappa shape index (κ3) is 3.47. The number of anilines is 1. The van der Waals surface area contributed by atoms with E-state index in [0.29, 0.717) is 0 Å². The molecule has 2 N–H and O–H groups in total. The molecule has 0 spiro atoms. The molecule has 0 aromatic heterocycles. The van der Waals surface area contributed by atoms with E-state index in [9.17, 15) is 4.79 Å². The molecule has 1 aliphatic heterocycles. The Balaban J connectivity index is 1.96. The van der Waals surface area contributed by atoms with Crippen LogP contribution in [0.2, 0.25) is 0 Å². The van der Waals surface area contributed by atoms with Crippen LogP contribution in [0.4, 0.5) is 5.69 Å². The van der Waals surface area contributed by atoms with Crippen LogP contribution < -0.4 is 15.4 Å². The number of benzene rings is 1. The number of carbonyl (C=O) groups excluding carboxylic acids is 1. The van der Waals surface area contributed by atoms with Crippen LogP contribution in [0.1, 0.15) is 25.7 Å². The molecule has 4 nitrogen and oxygen atoms in total. The first-order valence-electron chi connectivity index (χ1n) is 6.48. The van der Waals surface area contributed by atoms with Crippen molar-refractivity contribution in [2.75, 3.05) is 19.0 Å². The summed E-state index contributed by atoms with van der Waals surface area (Å²) in [6, 6.07) is 7.36. The van der Waals surface area contributed by atoms with Crippen molar-refractivity contribution in [3.63, 3.8) is 0 Å². The van der Waals surface area contributed by atoms with Gasteiger partial charge in [0.2, 0.25) is 5.91 Å². The predicted octanol–water partition coefficient (Wildman–Crippen LogP) is 2.17. The standard InChI is InChI=1S/C14H20N2O2/c1-18-12-7-5-6-11(10-12)16-14(17)13-8-3-2-4-9-15-13/h5-7,10,13,15H,2-4,8-9H2,1H3,(H,16,17)/t13-/m1/s1. The summed E-state index contributed by atoms with van der Waals surface area (Å²) in [5.74, 6) is 0.798. The number of hydrogen-bond acceptors (Lipinski definition) is 3. The minimum atomic E-state index is -0.0706. The van der Waals surface area contributed by atoms with Gasteiger partial charge in [-0.1, -0.05) is 18.9 Å². The van der Waals surface area contributed by atoms with E-state index in [1.54, 1.807) is 7.11 Å². The average Bonchev–Trinajstić information content (AvgIpc) is 2.68. The molecule has 1 aliphatic rings. The van der Waals surface area contributed by atoms with Gasteiger partial charge in [0, 0.05) is 11.8 Å². The molecule has 1 fully saturated rings. The highest BCUT2D eigenvalue weighted by atomic mass is 16.5. The summed E-state index contributed by atoms with van der Waals surface area (Å²) in [5, 5.41) is 6.22. The molecule has 2 rings (SSSR count). The molecule has 1 aromatic rings. The fourth-order valence-corrected chi connectivity index (χ4v) is 2.18. The van der Waals surface area contributed by atoms with Crippen molar-refractivity contribution in [1.29, 1.82) is 0 Å². The van der Waals surface area contributed by atoms with E-state index in [4.69, 9.17) is 4.74 Å². The smallest absolute Gasteiger partial charge is 0.241 e. The van der Waals surface area contributed by atoms with Crippen LogP contribution in [0.3, 0.4) is 0 Å². The average molecular weight is 248 g/mol. The highest BCUT2D eigenvalue weighted by Crippen LogP contribution is 2.17. The number of carbonyl (C=O) groups is 1. The Morgan fingerprint density at radius 3 is 3.11 bits per heavy atom. The van der Waals surface area contributed by atoms with E-state index in [-0.39, 0.29) is 11.9 Å². The number of ether oxygens (including phenoxy) is 1. The maximum Gasteiger partial charge on any atom is 0.241 e. The van der Waals surface area contributed by atoms with Crippen molar-refractivity contribution >= 4 is 11.6 Å². The van der Waals surface area contributed by atoms with Crippen LogP contribution in [0, 0.1) is 0 Å². The van der Waals surface area contributed by atoms with Crippen LogP contribution in [-0.2, 0) is 4.79 Å². The molecular weight excluding hydrogens is 228 g/mol. The molecule has 1 heterocycles. The van der Waals surface area contributed by atoms with E-state index >= 15 is 0 Å². The SMILES string of the molecule is COc1cccc(NC(=O)[C@H]2CCCCCN2)c1. The van der Waals surface area contributed by atoms with Crippen molar-refractivity contribution in [2.45, 2.75) is 31.7 Å². The van der Waals surface area contributed by atoms with E-state index in [1.165, 1.54) is 6.42 Å². The fraction of sp³-hybridized carbons (Fsp3) is 0.500. The molecule has 0 bridgehead atoms. The number of nitrogens with one attached hydrogen (secondary N) is 2. The highest BCUT2D eigenvalue weighted by Gasteiger charge is 2.19. The predicted molar refractivity (Wildman–Crippen MR) is 71.9 cm³/mol. The molecule has 0 aliphatic carbocycles. The Hall–Kier alpha value is -1.55. The van der Waals surface area contributed by atoms with Gasteiger partial charge < -0.3 is 15.4 Å². The zero-order valence-electron chi connectivity index (χ0n) is 10.7. The largest absolute Gasteiger partial charge is 0.497 e. The second-order valence-electron chi connectivity index (χ2n) is 4.58. The van der Waals surface area contributed by atoms with Crippen LogP contribution >= 0.6 is 0 Å². The lowest BCUT2D eigenvalue weighted by molar-refractivity contribution is -0.118. The summed E-state index contributed by atoms with van der Waals surface area (Å²) >= 11 is 0. The molecule has 0 saturated carbocycles. The number of amides is 1. The quantitative estimate of drug-likeness (QED) is 0.862. The van der Waals surface area contributed by atoms with Gasteiger partial charge in [-0.2, -0.15) is 0 Å². The Morgan fingerprint density at radius 1 is 1.39 bits per heavy atom. The first-order chi connectivity index (χ1) is 8.79. The lowest BCUT2D eigenvalue weighted by Gasteiger charge is -2.15. The Labute approximate surface area is 108 Å². The van der Waals surface area contributed by atoms with Gasteiger partial charge >= 0.3 is 0 Å². The summed E-state index contributed by atoms with van der Waals surface area (Å²) in [7, 11) is 1.62. The van der Waals surface area contributed by atoms with Crippen LogP contribution in [-0.4, -0.2) is 25.6 Å². The zero-order valence-corrected chi connectivity index (χ0v) is 10.7. The highest BCUT2D eigenvalue weighted by molar-refractivity contribution is 5.95. The fourth-order valence-electron chi connectivity index (χ4n) is 2.18. The van der Waals surface area contributed by atoms with Crippen LogP contribution in [0.5, 0.6) is 5.75 Å². The van der Waals surface area contributed by atoms with Crippen molar-refractivity contribution in [1.82, 2.24) is 5.32 Å². The Kier molecular flexibility index (Phi) is 4.59. The molecule has 0 radical (unpaired) electrons.